The highest BCUT2D eigenvalue weighted by molar-refractivity contribution is 7.11. The van der Waals surface area contributed by atoms with Gasteiger partial charge in [0.1, 0.15) is 18.2 Å². The average molecular weight is 352 g/mol. The molecule has 10 heteroatoms. The molecule has 0 spiro atoms. The van der Waals surface area contributed by atoms with Gasteiger partial charge in [0.15, 0.2) is 5.01 Å². The van der Waals surface area contributed by atoms with Crippen LogP contribution in [0.15, 0.2) is 11.6 Å². The number of piperazine rings is 1. The van der Waals surface area contributed by atoms with Crippen LogP contribution in [0, 0.1) is 0 Å². The van der Waals surface area contributed by atoms with E-state index in [1.54, 1.807) is 35.5 Å². The number of nitrogens with two attached hydrogens (primary N) is 1. The van der Waals surface area contributed by atoms with E-state index < -0.39 is 18.2 Å². The van der Waals surface area contributed by atoms with Gasteiger partial charge in [0.05, 0.1) is 6.54 Å². The Labute approximate surface area is 143 Å². The van der Waals surface area contributed by atoms with Gasteiger partial charge >= 0.3 is 0 Å². The molecule has 0 bridgehead atoms. The van der Waals surface area contributed by atoms with Crippen LogP contribution < -0.4 is 11.1 Å². The third kappa shape index (κ3) is 2.66. The van der Waals surface area contributed by atoms with Gasteiger partial charge in [0, 0.05) is 24.7 Å². The lowest BCUT2D eigenvalue weighted by Gasteiger charge is -2.52. The molecule has 3 heterocycles. The Kier molecular flexibility index (Phi) is 4.52. The minimum atomic E-state index is -0.773. The van der Waals surface area contributed by atoms with Gasteiger partial charge in [0.2, 0.25) is 11.8 Å². The summed E-state index contributed by atoms with van der Waals surface area (Å²) in [6.07, 6.45) is 1.02. The van der Waals surface area contributed by atoms with Crippen LogP contribution in [-0.2, 0) is 9.59 Å². The van der Waals surface area contributed by atoms with Crippen molar-refractivity contribution < 1.29 is 14.4 Å². The van der Waals surface area contributed by atoms with Gasteiger partial charge in [-0.15, -0.1) is 11.3 Å². The predicted molar refractivity (Wildman–Crippen MR) is 87.1 cm³/mol. The highest BCUT2D eigenvalue weighted by atomic mass is 32.1. The van der Waals surface area contributed by atoms with E-state index in [0.717, 1.165) is 0 Å². The number of nitrogens with zero attached hydrogens (tertiary/aromatic N) is 4. The highest BCUT2D eigenvalue weighted by Crippen LogP contribution is 2.25. The Bertz CT molecular complexity index is 649. The molecule has 3 atom stereocenters. The molecule has 9 nitrogen and oxygen atoms in total. The lowest BCUT2D eigenvalue weighted by Crippen LogP contribution is -2.76. The number of likely N-dealkylation sites (N-methyl/N-ethyl adjacent to an activating group) is 1. The Balaban J connectivity index is 1.98. The number of carbonyl (C=O) groups is 3. The number of nitrogens with one attached hydrogen (secondary N) is 1. The van der Waals surface area contributed by atoms with Crippen LogP contribution in [0.3, 0.4) is 0 Å². The van der Waals surface area contributed by atoms with Crippen LogP contribution in [0.5, 0.6) is 0 Å². The summed E-state index contributed by atoms with van der Waals surface area (Å²) in [5, 5.41) is 4.83. The largest absolute Gasteiger partial charge is 0.350 e. The first-order chi connectivity index (χ1) is 11.5. The maximum Gasteiger partial charge on any atom is 0.284 e. The van der Waals surface area contributed by atoms with Crippen LogP contribution in [0.4, 0.5) is 0 Å². The zero-order valence-electron chi connectivity index (χ0n) is 13.5. The standard InChI is InChI=1S/C14H20N6O3S/c1-18(2)9-7-19(14(23)12-16-3-4-24-12)10-6-17-11(21)8(5-15)20(10)13(9)22/h3-4,8-10H,5-7,15H2,1-2H3,(H,17,21)/t8-,9-,10?/m0/s1. The molecule has 1 aromatic heterocycles. The van der Waals surface area contributed by atoms with Gasteiger partial charge in [-0.2, -0.15) is 0 Å². The molecular formula is C14H20N6O3S. The molecule has 3 rings (SSSR count). The van der Waals surface area contributed by atoms with Crippen molar-refractivity contribution in [2.24, 2.45) is 5.73 Å². The molecule has 24 heavy (non-hydrogen) atoms. The van der Waals surface area contributed by atoms with E-state index in [1.807, 2.05) is 0 Å². The smallest absolute Gasteiger partial charge is 0.284 e. The molecule has 3 amide bonds. The lowest BCUT2D eigenvalue weighted by molar-refractivity contribution is -0.162. The number of fused-ring (bicyclic) bond motifs is 1. The first-order valence-electron chi connectivity index (χ1n) is 7.62. The van der Waals surface area contributed by atoms with Crippen LogP contribution in [-0.4, -0.2) is 89.4 Å². The summed E-state index contributed by atoms with van der Waals surface area (Å²) in [5.74, 6) is -0.715. The number of hydrogen-bond donors (Lipinski definition) is 2. The van der Waals surface area contributed by atoms with Crippen LogP contribution in [0.1, 0.15) is 9.80 Å². The van der Waals surface area contributed by atoms with Gasteiger partial charge in [-0.3, -0.25) is 19.3 Å². The van der Waals surface area contributed by atoms with E-state index in [2.05, 4.69) is 10.3 Å². The fourth-order valence-corrected chi connectivity index (χ4v) is 3.73. The number of rotatable bonds is 3. The van der Waals surface area contributed by atoms with Crippen molar-refractivity contribution in [3.05, 3.63) is 16.6 Å². The molecule has 0 aliphatic carbocycles. The Morgan fingerprint density at radius 1 is 1.50 bits per heavy atom. The van der Waals surface area contributed by atoms with Gasteiger partial charge in [0.25, 0.3) is 5.91 Å². The van der Waals surface area contributed by atoms with Crippen molar-refractivity contribution in [3.63, 3.8) is 0 Å². The maximum absolute atomic E-state index is 12.9. The zero-order valence-corrected chi connectivity index (χ0v) is 14.3. The first kappa shape index (κ1) is 16.8. The fourth-order valence-electron chi connectivity index (χ4n) is 3.14. The molecular weight excluding hydrogens is 332 g/mol. The monoisotopic (exact) mass is 352 g/mol. The van der Waals surface area contributed by atoms with Crippen molar-refractivity contribution in [2.45, 2.75) is 18.2 Å². The number of amides is 3. The normalized spacial score (nSPS) is 27.2. The van der Waals surface area contributed by atoms with E-state index in [-0.39, 0.29) is 37.4 Å². The number of carbonyl (C=O) groups excluding carboxylic acids is 3. The predicted octanol–water partition coefficient (Wildman–Crippen LogP) is -1.86. The molecule has 0 radical (unpaired) electrons. The maximum atomic E-state index is 12.9. The summed E-state index contributed by atoms with van der Waals surface area (Å²) >= 11 is 1.25. The quantitative estimate of drug-likeness (QED) is 0.660. The van der Waals surface area contributed by atoms with Crippen LogP contribution in [0.25, 0.3) is 0 Å². The van der Waals surface area contributed by atoms with E-state index in [9.17, 15) is 14.4 Å². The van der Waals surface area contributed by atoms with Gasteiger partial charge < -0.3 is 20.9 Å². The first-order valence-corrected chi connectivity index (χ1v) is 8.50. The summed E-state index contributed by atoms with van der Waals surface area (Å²) in [4.78, 5) is 46.7. The minimum absolute atomic E-state index is 0.00744. The van der Waals surface area contributed by atoms with Crippen LogP contribution in [0.2, 0.25) is 0 Å². The SMILES string of the molecule is CN(C)[C@H]1CN(C(=O)c2nccs2)C2CNC(=O)[C@H](CN)N2C1=O. The second-order valence-corrected chi connectivity index (χ2v) is 6.89. The topological polar surface area (TPSA) is 112 Å². The molecule has 3 N–H and O–H groups in total. The number of aromatic nitrogens is 1. The third-order valence-corrected chi connectivity index (χ3v) is 5.17. The minimum Gasteiger partial charge on any atom is -0.350 e. The fraction of sp³-hybridized carbons (Fsp3) is 0.571. The molecule has 1 unspecified atom stereocenters. The number of thiazole rings is 1. The van der Waals surface area contributed by atoms with Crippen molar-refractivity contribution in [1.82, 2.24) is 25.0 Å². The summed E-state index contributed by atoms with van der Waals surface area (Å²) in [6, 6.07) is -1.30. The molecule has 2 aliphatic rings. The van der Waals surface area contributed by atoms with E-state index in [0.29, 0.717) is 5.01 Å². The van der Waals surface area contributed by atoms with Gasteiger partial charge in [-0.25, -0.2) is 4.98 Å². The van der Waals surface area contributed by atoms with E-state index in [4.69, 9.17) is 5.73 Å². The van der Waals surface area contributed by atoms with E-state index in [1.165, 1.54) is 16.2 Å². The highest BCUT2D eigenvalue weighted by Gasteiger charge is 2.50. The number of hydrogen-bond acceptors (Lipinski definition) is 7. The Morgan fingerprint density at radius 3 is 2.83 bits per heavy atom. The second-order valence-electron chi connectivity index (χ2n) is 6.00. The molecule has 1 aromatic rings. The third-order valence-electron chi connectivity index (χ3n) is 4.41. The summed E-state index contributed by atoms with van der Waals surface area (Å²) in [6.45, 7) is 0.449. The van der Waals surface area contributed by atoms with Crippen molar-refractivity contribution in [3.8, 4) is 0 Å². The molecule has 0 aromatic carbocycles. The molecule has 2 aliphatic heterocycles. The average Bonchev–Trinajstić information content (AvgIpc) is 3.09. The van der Waals surface area contributed by atoms with Gasteiger partial charge in [-0.05, 0) is 14.1 Å². The Hall–Kier alpha value is -2.04. The van der Waals surface area contributed by atoms with E-state index >= 15 is 0 Å². The summed E-state index contributed by atoms with van der Waals surface area (Å²) in [5.41, 5.74) is 5.72. The van der Waals surface area contributed by atoms with Crippen molar-refractivity contribution >= 4 is 29.1 Å². The van der Waals surface area contributed by atoms with Gasteiger partial charge in [-0.1, -0.05) is 0 Å². The zero-order chi connectivity index (χ0) is 17.4. The summed E-state index contributed by atoms with van der Waals surface area (Å²) in [7, 11) is 3.55. The summed E-state index contributed by atoms with van der Waals surface area (Å²) < 4.78 is 0. The van der Waals surface area contributed by atoms with Crippen LogP contribution >= 0.6 is 11.3 Å². The molecule has 130 valence electrons. The van der Waals surface area contributed by atoms with Crippen molar-refractivity contribution in [1.29, 1.82) is 0 Å². The van der Waals surface area contributed by atoms with Crippen molar-refractivity contribution in [2.75, 3.05) is 33.7 Å². The molecule has 2 fully saturated rings. The second kappa shape index (κ2) is 6.46. The molecule has 0 saturated carbocycles. The molecule has 2 saturated heterocycles. The lowest BCUT2D eigenvalue weighted by atomic mass is 10.0. The Morgan fingerprint density at radius 2 is 2.25 bits per heavy atom.